The average molecular weight is 385 g/mol. The van der Waals surface area contributed by atoms with Crippen LogP contribution in [0.5, 0.6) is 17.2 Å². The topological polar surface area (TPSA) is 74.3 Å². The van der Waals surface area contributed by atoms with E-state index in [9.17, 15) is 9.59 Å². The standard InChI is InChI=1S/C21H23NO6/c1-14(21(24)26-3)11-22(20(23)16-5-7-17(25-2)8-6-16)12-15-4-9-18-19(10-15)28-13-27-18/h4-10,14H,11-13H2,1-3H3. The molecular weight excluding hydrogens is 362 g/mol. The predicted molar refractivity (Wildman–Crippen MR) is 101 cm³/mol. The summed E-state index contributed by atoms with van der Waals surface area (Å²) in [6.07, 6.45) is 0. The van der Waals surface area contributed by atoms with Crippen LogP contribution in [0, 0.1) is 5.92 Å². The molecule has 0 aliphatic carbocycles. The lowest BCUT2D eigenvalue weighted by Crippen LogP contribution is -2.36. The van der Waals surface area contributed by atoms with Crippen molar-refractivity contribution in [3.8, 4) is 17.2 Å². The lowest BCUT2D eigenvalue weighted by atomic mass is 10.1. The van der Waals surface area contributed by atoms with Crippen LogP contribution in [0.2, 0.25) is 0 Å². The van der Waals surface area contributed by atoms with E-state index in [1.54, 1.807) is 43.2 Å². The molecule has 0 fully saturated rings. The normalized spacial score (nSPS) is 13.0. The Kier molecular flexibility index (Phi) is 6.03. The molecule has 3 rings (SSSR count). The van der Waals surface area contributed by atoms with Gasteiger partial charge in [-0.1, -0.05) is 13.0 Å². The van der Waals surface area contributed by atoms with Gasteiger partial charge >= 0.3 is 5.97 Å². The highest BCUT2D eigenvalue weighted by molar-refractivity contribution is 5.94. The van der Waals surface area contributed by atoms with E-state index in [1.165, 1.54) is 7.11 Å². The smallest absolute Gasteiger partial charge is 0.310 e. The van der Waals surface area contributed by atoms with Crippen molar-refractivity contribution in [1.29, 1.82) is 0 Å². The fraction of sp³-hybridized carbons (Fsp3) is 0.333. The number of fused-ring (bicyclic) bond motifs is 1. The van der Waals surface area contributed by atoms with Crippen molar-refractivity contribution >= 4 is 11.9 Å². The summed E-state index contributed by atoms with van der Waals surface area (Å²) in [4.78, 5) is 26.6. The molecule has 0 aromatic heterocycles. The Hall–Kier alpha value is -3.22. The van der Waals surface area contributed by atoms with Crippen LogP contribution < -0.4 is 14.2 Å². The van der Waals surface area contributed by atoms with E-state index in [0.29, 0.717) is 29.4 Å². The molecule has 148 valence electrons. The molecule has 7 nitrogen and oxygen atoms in total. The van der Waals surface area contributed by atoms with Gasteiger partial charge in [-0.25, -0.2) is 0 Å². The van der Waals surface area contributed by atoms with Crippen LogP contribution >= 0.6 is 0 Å². The van der Waals surface area contributed by atoms with Gasteiger partial charge in [-0.2, -0.15) is 0 Å². The fourth-order valence-electron chi connectivity index (χ4n) is 3.00. The molecule has 1 aliphatic heterocycles. The van der Waals surface area contributed by atoms with Crippen molar-refractivity contribution < 1.29 is 28.5 Å². The number of benzene rings is 2. The molecule has 1 atom stereocenters. The Balaban J connectivity index is 1.83. The van der Waals surface area contributed by atoms with Gasteiger partial charge in [-0.05, 0) is 42.0 Å². The maximum atomic E-state index is 13.1. The van der Waals surface area contributed by atoms with Crippen LogP contribution in [0.25, 0.3) is 0 Å². The molecular formula is C21H23NO6. The van der Waals surface area contributed by atoms with E-state index < -0.39 is 5.92 Å². The van der Waals surface area contributed by atoms with Gasteiger partial charge in [0.1, 0.15) is 5.75 Å². The van der Waals surface area contributed by atoms with Crippen LogP contribution in [0.15, 0.2) is 42.5 Å². The third-order valence-corrected chi connectivity index (χ3v) is 4.53. The number of esters is 1. The van der Waals surface area contributed by atoms with Crippen molar-refractivity contribution in [2.45, 2.75) is 13.5 Å². The summed E-state index contributed by atoms with van der Waals surface area (Å²) in [6, 6.07) is 12.4. The van der Waals surface area contributed by atoms with Crippen LogP contribution in [0.1, 0.15) is 22.8 Å². The number of carbonyl (C=O) groups is 2. The van der Waals surface area contributed by atoms with Gasteiger partial charge in [-0.3, -0.25) is 9.59 Å². The first-order chi connectivity index (χ1) is 13.5. The third-order valence-electron chi connectivity index (χ3n) is 4.53. The molecule has 0 saturated heterocycles. The molecule has 28 heavy (non-hydrogen) atoms. The van der Waals surface area contributed by atoms with E-state index in [4.69, 9.17) is 18.9 Å². The van der Waals surface area contributed by atoms with Crippen LogP contribution in [0.4, 0.5) is 0 Å². The van der Waals surface area contributed by atoms with Crippen LogP contribution in [-0.2, 0) is 16.1 Å². The molecule has 1 unspecified atom stereocenters. The van der Waals surface area contributed by atoms with Crippen molar-refractivity contribution in [3.05, 3.63) is 53.6 Å². The first-order valence-electron chi connectivity index (χ1n) is 8.91. The van der Waals surface area contributed by atoms with Gasteiger partial charge in [0.15, 0.2) is 11.5 Å². The Morgan fingerprint density at radius 3 is 2.46 bits per heavy atom. The predicted octanol–water partition coefficient (Wildman–Crippen LogP) is 2.88. The summed E-state index contributed by atoms with van der Waals surface area (Å²) in [6.45, 7) is 2.47. The molecule has 1 amide bonds. The van der Waals surface area contributed by atoms with Gasteiger partial charge in [0.2, 0.25) is 6.79 Å². The zero-order valence-electron chi connectivity index (χ0n) is 16.1. The molecule has 0 radical (unpaired) electrons. The number of hydrogen-bond donors (Lipinski definition) is 0. The number of carbonyl (C=O) groups excluding carboxylic acids is 2. The zero-order chi connectivity index (χ0) is 20.1. The second-order valence-corrected chi connectivity index (χ2v) is 6.53. The molecule has 0 saturated carbocycles. The number of rotatable bonds is 7. The van der Waals surface area contributed by atoms with Crippen molar-refractivity contribution in [2.24, 2.45) is 5.92 Å². The van der Waals surface area contributed by atoms with Crippen molar-refractivity contribution in [1.82, 2.24) is 4.90 Å². The highest BCUT2D eigenvalue weighted by Gasteiger charge is 2.24. The summed E-state index contributed by atoms with van der Waals surface area (Å²) in [5.74, 6) is 0.993. The first kappa shape index (κ1) is 19.5. The third kappa shape index (κ3) is 4.36. The molecule has 7 heteroatoms. The van der Waals surface area contributed by atoms with E-state index in [-0.39, 0.29) is 25.2 Å². The minimum atomic E-state index is -0.457. The van der Waals surface area contributed by atoms with Crippen LogP contribution in [-0.4, -0.2) is 44.3 Å². The summed E-state index contributed by atoms with van der Waals surface area (Å²) in [5, 5.41) is 0. The first-order valence-corrected chi connectivity index (χ1v) is 8.91. The Morgan fingerprint density at radius 2 is 1.79 bits per heavy atom. The largest absolute Gasteiger partial charge is 0.497 e. The van der Waals surface area contributed by atoms with E-state index >= 15 is 0 Å². The van der Waals surface area contributed by atoms with E-state index in [2.05, 4.69) is 0 Å². The summed E-state index contributed by atoms with van der Waals surface area (Å²) in [5.41, 5.74) is 1.39. The minimum absolute atomic E-state index is 0.184. The lowest BCUT2D eigenvalue weighted by Gasteiger charge is -2.25. The quantitative estimate of drug-likeness (QED) is 0.683. The van der Waals surface area contributed by atoms with Gasteiger partial charge in [-0.15, -0.1) is 0 Å². The Labute approximate surface area is 163 Å². The second-order valence-electron chi connectivity index (χ2n) is 6.53. The minimum Gasteiger partial charge on any atom is -0.497 e. The number of hydrogen-bond acceptors (Lipinski definition) is 6. The SMILES string of the molecule is COC(=O)C(C)CN(Cc1ccc2c(c1)OCO2)C(=O)c1ccc(OC)cc1. The summed E-state index contributed by atoms with van der Waals surface area (Å²) in [7, 11) is 2.91. The molecule has 0 spiro atoms. The van der Waals surface area contributed by atoms with Gasteiger partial charge in [0, 0.05) is 18.7 Å². The van der Waals surface area contributed by atoms with Gasteiger partial charge in [0.05, 0.1) is 20.1 Å². The molecule has 0 N–H and O–H groups in total. The molecule has 0 bridgehead atoms. The van der Waals surface area contributed by atoms with Gasteiger partial charge in [0.25, 0.3) is 5.91 Å². The second kappa shape index (κ2) is 8.65. The van der Waals surface area contributed by atoms with Gasteiger partial charge < -0.3 is 23.8 Å². The van der Waals surface area contributed by atoms with Crippen molar-refractivity contribution in [2.75, 3.05) is 27.6 Å². The monoisotopic (exact) mass is 385 g/mol. The average Bonchev–Trinajstić information content (AvgIpc) is 3.20. The van der Waals surface area contributed by atoms with E-state index in [1.807, 2.05) is 18.2 Å². The van der Waals surface area contributed by atoms with Crippen LogP contribution in [0.3, 0.4) is 0 Å². The molecule has 1 aliphatic rings. The zero-order valence-corrected chi connectivity index (χ0v) is 16.1. The highest BCUT2D eigenvalue weighted by atomic mass is 16.7. The number of methoxy groups -OCH3 is 2. The Bertz CT molecular complexity index is 848. The maximum Gasteiger partial charge on any atom is 0.310 e. The van der Waals surface area contributed by atoms with E-state index in [0.717, 1.165) is 5.56 Å². The molecule has 2 aromatic carbocycles. The number of nitrogens with zero attached hydrogens (tertiary/aromatic N) is 1. The maximum absolute atomic E-state index is 13.1. The number of ether oxygens (including phenoxy) is 4. The molecule has 2 aromatic rings. The summed E-state index contributed by atoms with van der Waals surface area (Å²) >= 11 is 0. The lowest BCUT2D eigenvalue weighted by molar-refractivity contribution is -0.145. The number of amides is 1. The molecule has 1 heterocycles. The highest BCUT2D eigenvalue weighted by Crippen LogP contribution is 2.33. The Morgan fingerprint density at radius 1 is 1.07 bits per heavy atom. The fourth-order valence-corrected chi connectivity index (χ4v) is 3.00. The van der Waals surface area contributed by atoms with Crippen molar-refractivity contribution in [3.63, 3.8) is 0 Å². The summed E-state index contributed by atoms with van der Waals surface area (Å²) < 4.78 is 20.7.